The molecule has 0 aliphatic heterocycles. The standard InChI is InChI=1S/C11H10F3N/c1-2-15-7-3-4-8-5-6-9(12)11(14)10(8)13/h5-6,15H,2,7H2,1H3. The van der Waals surface area contributed by atoms with Gasteiger partial charge in [0.25, 0.3) is 0 Å². The summed E-state index contributed by atoms with van der Waals surface area (Å²) < 4.78 is 38.3. The summed E-state index contributed by atoms with van der Waals surface area (Å²) in [5.74, 6) is 1.10. The van der Waals surface area contributed by atoms with Gasteiger partial charge < -0.3 is 5.32 Å². The zero-order valence-electron chi connectivity index (χ0n) is 8.20. The molecule has 1 N–H and O–H groups in total. The van der Waals surface area contributed by atoms with Crippen LogP contribution in [0.3, 0.4) is 0 Å². The van der Waals surface area contributed by atoms with Gasteiger partial charge in [0, 0.05) is 0 Å². The Morgan fingerprint density at radius 3 is 2.60 bits per heavy atom. The lowest BCUT2D eigenvalue weighted by molar-refractivity contribution is 0.446. The maximum absolute atomic E-state index is 13.0. The molecule has 0 bridgehead atoms. The Morgan fingerprint density at radius 2 is 1.93 bits per heavy atom. The first-order valence-electron chi connectivity index (χ1n) is 4.50. The molecule has 1 aromatic carbocycles. The van der Waals surface area contributed by atoms with E-state index in [0.717, 1.165) is 18.7 Å². The third kappa shape index (κ3) is 3.00. The van der Waals surface area contributed by atoms with Gasteiger partial charge in [0.2, 0.25) is 0 Å². The molecule has 15 heavy (non-hydrogen) atoms. The number of nitrogens with one attached hydrogen (secondary N) is 1. The topological polar surface area (TPSA) is 12.0 Å². The highest BCUT2D eigenvalue weighted by atomic mass is 19.2. The van der Waals surface area contributed by atoms with Gasteiger partial charge in [0.15, 0.2) is 17.5 Å². The quantitative estimate of drug-likeness (QED) is 0.450. The van der Waals surface area contributed by atoms with E-state index in [9.17, 15) is 13.2 Å². The van der Waals surface area contributed by atoms with Gasteiger partial charge in [-0.25, -0.2) is 13.2 Å². The van der Waals surface area contributed by atoms with E-state index < -0.39 is 17.5 Å². The van der Waals surface area contributed by atoms with E-state index in [1.165, 1.54) is 0 Å². The molecule has 0 heterocycles. The molecule has 1 rings (SSSR count). The van der Waals surface area contributed by atoms with Crippen molar-refractivity contribution >= 4 is 0 Å². The van der Waals surface area contributed by atoms with Crippen LogP contribution in [0.1, 0.15) is 12.5 Å². The van der Waals surface area contributed by atoms with Crippen LogP contribution < -0.4 is 5.32 Å². The highest BCUT2D eigenvalue weighted by molar-refractivity contribution is 5.36. The van der Waals surface area contributed by atoms with Gasteiger partial charge in [0.1, 0.15) is 0 Å². The lowest BCUT2D eigenvalue weighted by Gasteiger charge is -1.97. The van der Waals surface area contributed by atoms with Crippen molar-refractivity contribution in [3.8, 4) is 11.8 Å². The van der Waals surface area contributed by atoms with Gasteiger partial charge in [-0.15, -0.1) is 0 Å². The molecule has 0 atom stereocenters. The highest BCUT2D eigenvalue weighted by Gasteiger charge is 2.11. The molecule has 0 amide bonds. The van der Waals surface area contributed by atoms with Crippen molar-refractivity contribution < 1.29 is 13.2 Å². The average molecular weight is 213 g/mol. The van der Waals surface area contributed by atoms with Crippen LogP contribution in [0.25, 0.3) is 0 Å². The molecule has 0 fully saturated rings. The van der Waals surface area contributed by atoms with Crippen LogP contribution in [-0.4, -0.2) is 13.1 Å². The fraction of sp³-hybridized carbons (Fsp3) is 0.273. The van der Waals surface area contributed by atoms with E-state index in [1.54, 1.807) is 0 Å². The largest absolute Gasteiger partial charge is 0.306 e. The first-order valence-corrected chi connectivity index (χ1v) is 4.50. The van der Waals surface area contributed by atoms with E-state index >= 15 is 0 Å². The number of halogens is 3. The zero-order valence-corrected chi connectivity index (χ0v) is 8.20. The van der Waals surface area contributed by atoms with Crippen molar-refractivity contribution in [3.05, 3.63) is 35.1 Å². The Balaban J connectivity index is 2.85. The van der Waals surface area contributed by atoms with Crippen LogP contribution in [0.4, 0.5) is 13.2 Å². The predicted molar refractivity (Wildman–Crippen MR) is 51.7 cm³/mol. The average Bonchev–Trinajstić information content (AvgIpc) is 2.24. The van der Waals surface area contributed by atoms with Gasteiger partial charge in [-0.05, 0) is 18.7 Å². The first-order chi connectivity index (χ1) is 7.16. The normalized spacial score (nSPS) is 9.60. The molecular formula is C11H10F3N. The Kier molecular flexibility index (Phi) is 4.19. The molecule has 0 spiro atoms. The van der Waals surface area contributed by atoms with Crippen molar-refractivity contribution in [1.82, 2.24) is 5.32 Å². The van der Waals surface area contributed by atoms with Crippen molar-refractivity contribution in [2.45, 2.75) is 6.92 Å². The van der Waals surface area contributed by atoms with Crippen molar-refractivity contribution in [2.75, 3.05) is 13.1 Å². The van der Waals surface area contributed by atoms with Gasteiger partial charge in [-0.1, -0.05) is 18.8 Å². The number of rotatable bonds is 2. The summed E-state index contributed by atoms with van der Waals surface area (Å²) in [6.07, 6.45) is 0. The van der Waals surface area contributed by atoms with E-state index in [4.69, 9.17) is 0 Å². The second-order valence-electron chi connectivity index (χ2n) is 2.81. The molecule has 0 saturated heterocycles. The van der Waals surface area contributed by atoms with Crippen LogP contribution in [0, 0.1) is 29.3 Å². The molecule has 0 saturated carbocycles. The number of hydrogen-bond acceptors (Lipinski definition) is 1. The molecule has 0 unspecified atom stereocenters. The summed E-state index contributed by atoms with van der Waals surface area (Å²) in [6, 6.07) is 1.97. The van der Waals surface area contributed by atoms with E-state index in [1.807, 2.05) is 6.92 Å². The first kappa shape index (κ1) is 11.6. The van der Waals surface area contributed by atoms with Crippen LogP contribution in [0.2, 0.25) is 0 Å². The summed E-state index contributed by atoms with van der Waals surface area (Å²) in [5, 5.41) is 2.90. The van der Waals surface area contributed by atoms with Crippen LogP contribution in [-0.2, 0) is 0 Å². The molecule has 4 heteroatoms. The second kappa shape index (κ2) is 5.42. The molecule has 1 nitrogen and oxygen atoms in total. The van der Waals surface area contributed by atoms with Crippen LogP contribution in [0.15, 0.2) is 12.1 Å². The fourth-order valence-corrected chi connectivity index (χ4v) is 0.949. The minimum atomic E-state index is -1.48. The van der Waals surface area contributed by atoms with Crippen molar-refractivity contribution in [1.29, 1.82) is 0 Å². The van der Waals surface area contributed by atoms with E-state index in [2.05, 4.69) is 17.2 Å². The van der Waals surface area contributed by atoms with Gasteiger partial charge in [-0.2, -0.15) is 0 Å². The third-order valence-electron chi connectivity index (χ3n) is 1.72. The fourth-order valence-electron chi connectivity index (χ4n) is 0.949. The van der Waals surface area contributed by atoms with Crippen LogP contribution >= 0.6 is 0 Å². The molecule has 0 radical (unpaired) electrons. The van der Waals surface area contributed by atoms with Gasteiger partial charge in [0.05, 0.1) is 12.1 Å². The summed E-state index contributed by atoms with van der Waals surface area (Å²) >= 11 is 0. The summed E-state index contributed by atoms with van der Waals surface area (Å²) in [7, 11) is 0. The summed E-state index contributed by atoms with van der Waals surface area (Å²) in [4.78, 5) is 0. The Morgan fingerprint density at radius 1 is 1.20 bits per heavy atom. The molecular weight excluding hydrogens is 203 g/mol. The second-order valence-corrected chi connectivity index (χ2v) is 2.81. The molecule has 0 aromatic heterocycles. The Labute approximate surface area is 86.3 Å². The highest BCUT2D eigenvalue weighted by Crippen LogP contribution is 2.13. The lowest BCUT2D eigenvalue weighted by atomic mass is 10.2. The SMILES string of the molecule is CCNCC#Cc1ccc(F)c(F)c1F. The Hall–Kier alpha value is -1.47. The van der Waals surface area contributed by atoms with Crippen LogP contribution in [0.5, 0.6) is 0 Å². The lowest BCUT2D eigenvalue weighted by Crippen LogP contribution is -2.12. The van der Waals surface area contributed by atoms with Crippen molar-refractivity contribution in [2.24, 2.45) is 0 Å². The summed E-state index contributed by atoms with van der Waals surface area (Å²) in [5.41, 5.74) is -0.133. The number of benzene rings is 1. The van der Waals surface area contributed by atoms with Crippen molar-refractivity contribution in [3.63, 3.8) is 0 Å². The van der Waals surface area contributed by atoms with E-state index in [0.29, 0.717) is 6.54 Å². The maximum Gasteiger partial charge on any atom is 0.195 e. The monoisotopic (exact) mass is 213 g/mol. The Bertz CT molecular complexity index is 404. The summed E-state index contributed by atoms with van der Waals surface area (Å²) in [6.45, 7) is 3.03. The van der Waals surface area contributed by atoms with Gasteiger partial charge >= 0.3 is 0 Å². The van der Waals surface area contributed by atoms with E-state index in [-0.39, 0.29) is 5.56 Å². The minimum absolute atomic E-state index is 0.133. The maximum atomic E-state index is 13.0. The third-order valence-corrected chi connectivity index (χ3v) is 1.72. The molecule has 1 aromatic rings. The number of hydrogen-bond donors (Lipinski definition) is 1. The smallest absolute Gasteiger partial charge is 0.195 e. The zero-order chi connectivity index (χ0) is 11.3. The molecule has 80 valence electrons. The predicted octanol–water partition coefficient (Wildman–Crippen LogP) is 2.06. The minimum Gasteiger partial charge on any atom is -0.306 e. The van der Waals surface area contributed by atoms with Gasteiger partial charge in [-0.3, -0.25) is 0 Å². The molecule has 0 aliphatic rings. The molecule has 0 aliphatic carbocycles.